The molecular weight excluding hydrogens is 326 g/mol. The highest BCUT2D eigenvalue weighted by atomic mass is 16.2. The van der Waals surface area contributed by atoms with Crippen LogP contribution in [0, 0.1) is 31.1 Å². The van der Waals surface area contributed by atoms with Gasteiger partial charge in [-0.15, -0.1) is 0 Å². The summed E-state index contributed by atoms with van der Waals surface area (Å²) in [5, 5.41) is 9.38. The van der Waals surface area contributed by atoms with E-state index in [1.165, 1.54) is 11.1 Å². The Bertz CT molecular complexity index is 676. The van der Waals surface area contributed by atoms with Gasteiger partial charge in [-0.05, 0) is 69.0 Å². The minimum Gasteiger partial charge on any atom is -0.355 e. The van der Waals surface area contributed by atoms with E-state index in [0.717, 1.165) is 44.5 Å². The van der Waals surface area contributed by atoms with Gasteiger partial charge in [0.15, 0.2) is 0 Å². The Morgan fingerprint density at radius 2 is 1.88 bits per heavy atom. The van der Waals surface area contributed by atoms with Crippen molar-refractivity contribution in [1.82, 2.24) is 10.6 Å². The van der Waals surface area contributed by atoms with Crippen LogP contribution in [0.3, 0.4) is 0 Å². The molecule has 2 amide bonds. The number of aryl methyl sites for hydroxylation is 2. The van der Waals surface area contributed by atoms with Gasteiger partial charge in [0, 0.05) is 18.2 Å². The lowest BCUT2D eigenvalue weighted by molar-refractivity contribution is -0.129. The molecule has 1 saturated heterocycles. The molecule has 0 aromatic heterocycles. The van der Waals surface area contributed by atoms with Gasteiger partial charge in [-0.25, -0.2) is 0 Å². The summed E-state index contributed by atoms with van der Waals surface area (Å²) in [5.74, 6) is 0.523. The van der Waals surface area contributed by atoms with Crippen LogP contribution < -0.4 is 16.0 Å². The van der Waals surface area contributed by atoms with E-state index in [1.54, 1.807) is 0 Å². The molecule has 0 bridgehead atoms. The number of carbonyl (C=O) groups is 2. The average Bonchev–Trinajstić information content (AvgIpc) is 3.04. The molecule has 1 saturated carbocycles. The van der Waals surface area contributed by atoms with E-state index in [4.69, 9.17) is 0 Å². The SMILES string of the molecule is Cc1ccc(NC(=O)C2(CNC(=O)C(C)C3CNC3)CCCC2)cc1C. The highest BCUT2D eigenvalue weighted by Crippen LogP contribution is 2.39. The number of carbonyl (C=O) groups excluding carboxylic acids is 2. The summed E-state index contributed by atoms with van der Waals surface area (Å²) in [5.41, 5.74) is 2.74. The molecule has 3 N–H and O–H groups in total. The lowest BCUT2D eigenvalue weighted by Gasteiger charge is -2.33. The fraction of sp³-hybridized carbons (Fsp3) is 0.619. The van der Waals surface area contributed by atoms with Crippen LogP contribution in [0.25, 0.3) is 0 Å². The van der Waals surface area contributed by atoms with Crippen molar-refractivity contribution in [2.45, 2.75) is 46.5 Å². The fourth-order valence-electron chi connectivity index (χ4n) is 3.91. The summed E-state index contributed by atoms with van der Waals surface area (Å²) in [6.45, 7) is 8.35. The Morgan fingerprint density at radius 1 is 1.19 bits per heavy atom. The average molecular weight is 357 g/mol. The van der Waals surface area contributed by atoms with Gasteiger partial charge in [-0.2, -0.15) is 0 Å². The second-order valence-corrected chi connectivity index (χ2v) is 8.17. The number of amides is 2. The van der Waals surface area contributed by atoms with Crippen molar-refractivity contribution in [1.29, 1.82) is 0 Å². The maximum absolute atomic E-state index is 13.0. The van der Waals surface area contributed by atoms with E-state index in [-0.39, 0.29) is 17.7 Å². The van der Waals surface area contributed by atoms with Crippen molar-refractivity contribution in [3.05, 3.63) is 29.3 Å². The highest BCUT2D eigenvalue weighted by Gasteiger charge is 2.42. The topological polar surface area (TPSA) is 70.2 Å². The van der Waals surface area contributed by atoms with Crippen LogP contribution in [-0.2, 0) is 9.59 Å². The van der Waals surface area contributed by atoms with Gasteiger partial charge in [0.2, 0.25) is 11.8 Å². The number of anilines is 1. The Kier molecular flexibility index (Phi) is 5.66. The predicted molar refractivity (Wildman–Crippen MR) is 104 cm³/mol. The van der Waals surface area contributed by atoms with Crippen LogP contribution in [0.5, 0.6) is 0 Å². The van der Waals surface area contributed by atoms with Gasteiger partial charge in [0.05, 0.1) is 5.41 Å². The summed E-state index contributed by atoms with van der Waals surface area (Å²) < 4.78 is 0. The molecule has 5 heteroatoms. The van der Waals surface area contributed by atoms with Crippen LogP contribution in [0.2, 0.25) is 0 Å². The monoisotopic (exact) mass is 357 g/mol. The summed E-state index contributed by atoms with van der Waals surface area (Å²) >= 11 is 0. The first-order chi connectivity index (χ1) is 12.4. The van der Waals surface area contributed by atoms with Crippen LogP contribution >= 0.6 is 0 Å². The number of hydrogen-bond acceptors (Lipinski definition) is 3. The van der Waals surface area contributed by atoms with Crippen LogP contribution in [0.4, 0.5) is 5.69 Å². The standard InChI is InChI=1S/C21H31N3O2/c1-14-6-7-18(10-15(14)2)24-20(26)21(8-4-5-9-21)13-23-19(25)16(3)17-11-22-12-17/h6-7,10,16-17,22H,4-5,8-9,11-13H2,1-3H3,(H,23,25)(H,24,26). The normalized spacial score (nSPS) is 20.3. The number of hydrogen-bond donors (Lipinski definition) is 3. The van der Waals surface area contributed by atoms with E-state index < -0.39 is 5.41 Å². The van der Waals surface area contributed by atoms with E-state index in [9.17, 15) is 9.59 Å². The maximum atomic E-state index is 13.0. The van der Waals surface area contributed by atoms with Crippen LogP contribution in [-0.4, -0.2) is 31.4 Å². The van der Waals surface area contributed by atoms with Gasteiger partial charge in [0.25, 0.3) is 0 Å². The second-order valence-electron chi connectivity index (χ2n) is 8.17. The largest absolute Gasteiger partial charge is 0.355 e. The molecule has 2 aliphatic rings. The van der Waals surface area contributed by atoms with Gasteiger partial charge in [-0.3, -0.25) is 9.59 Å². The minimum absolute atomic E-state index is 0.00230. The molecule has 26 heavy (non-hydrogen) atoms. The van der Waals surface area contributed by atoms with E-state index >= 15 is 0 Å². The van der Waals surface area contributed by atoms with E-state index in [2.05, 4.69) is 22.9 Å². The molecule has 5 nitrogen and oxygen atoms in total. The molecular formula is C21H31N3O2. The molecule has 142 valence electrons. The van der Waals surface area contributed by atoms with Crippen molar-refractivity contribution >= 4 is 17.5 Å². The first kappa shape index (κ1) is 18.9. The Labute approximate surface area is 156 Å². The summed E-state index contributed by atoms with van der Waals surface area (Å²) in [4.78, 5) is 25.5. The van der Waals surface area contributed by atoms with Crippen LogP contribution in [0.15, 0.2) is 18.2 Å². The molecule has 1 heterocycles. The predicted octanol–water partition coefficient (Wildman–Crippen LogP) is 2.77. The first-order valence-corrected chi connectivity index (χ1v) is 9.78. The summed E-state index contributed by atoms with van der Waals surface area (Å²) in [6, 6.07) is 6.00. The lowest BCUT2D eigenvalue weighted by Crippen LogP contribution is -2.51. The van der Waals surface area contributed by atoms with Crippen LogP contribution in [0.1, 0.15) is 43.7 Å². The maximum Gasteiger partial charge on any atom is 0.232 e. The number of rotatable bonds is 6. The Balaban J connectivity index is 1.63. The van der Waals surface area contributed by atoms with Gasteiger partial charge in [0.1, 0.15) is 0 Å². The zero-order chi connectivity index (χ0) is 18.7. The molecule has 1 aromatic rings. The van der Waals surface area contributed by atoms with Crippen molar-refractivity contribution in [2.75, 3.05) is 25.0 Å². The summed E-state index contributed by atoms with van der Waals surface area (Å²) in [7, 11) is 0. The third-order valence-electron chi connectivity index (χ3n) is 6.34. The molecule has 1 aliphatic heterocycles. The minimum atomic E-state index is -0.480. The molecule has 1 aliphatic carbocycles. The smallest absolute Gasteiger partial charge is 0.232 e. The molecule has 3 rings (SSSR count). The quantitative estimate of drug-likeness (QED) is 0.733. The van der Waals surface area contributed by atoms with E-state index in [0.29, 0.717) is 12.5 Å². The van der Waals surface area contributed by atoms with Gasteiger partial charge >= 0.3 is 0 Å². The van der Waals surface area contributed by atoms with Crippen molar-refractivity contribution < 1.29 is 9.59 Å². The fourth-order valence-corrected chi connectivity index (χ4v) is 3.91. The third kappa shape index (κ3) is 3.93. The Hall–Kier alpha value is -1.88. The van der Waals surface area contributed by atoms with Crippen molar-refractivity contribution in [3.63, 3.8) is 0 Å². The molecule has 2 fully saturated rings. The Morgan fingerprint density at radius 3 is 2.46 bits per heavy atom. The number of nitrogens with one attached hydrogen (secondary N) is 3. The van der Waals surface area contributed by atoms with Crippen molar-refractivity contribution in [3.8, 4) is 0 Å². The molecule has 0 spiro atoms. The van der Waals surface area contributed by atoms with Crippen molar-refractivity contribution in [2.24, 2.45) is 17.3 Å². The van der Waals surface area contributed by atoms with Gasteiger partial charge in [-0.1, -0.05) is 25.8 Å². The molecule has 1 aromatic carbocycles. The molecule has 0 radical (unpaired) electrons. The zero-order valence-electron chi connectivity index (χ0n) is 16.2. The second kappa shape index (κ2) is 7.78. The first-order valence-electron chi connectivity index (χ1n) is 9.78. The summed E-state index contributed by atoms with van der Waals surface area (Å²) in [6.07, 6.45) is 3.75. The highest BCUT2D eigenvalue weighted by molar-refractivity contribution is 5.96. The zero-order valence-corrected chi connectivity index (χ0v) is 16.2. The third-order valence-corrected chi connectivity index (χ3v) is 6.34. The van der Waals surface area contributed by atoms with Gasteiger partial charge < -0.3 is 16.0 Å². The molecule has 1 atom stereocenters. The number of benzene rings is 1. The van der Waals surface area contributed by atoms with E-state index in [1.807, 2.05) is 32.0 Å². The lowest BCUT2D eigenvalue weighted by atomic mass is 9.83. The molecule has 1 unspecified atom stereocenters.